The van der Waals surface area contributed by atoms with Gasteiger partial charge in [-0.15, -0.1) is 0 Å². The van der Waals surface area contributed by atoms with Crippen LogP contribution in [0.5, 0.6) is 5.75 Å². The van der Waals surface area contributed by atoms with Crippen LogP contribution in [0.2, 0.25) is 0 Å². The molecule has 0 radical (unpaired) electrons. The molecule has 1 aromatic carbocycles. The van der Waals surface area contributed by atoms with Crippen LogP contribution >= 0.6 is 0 Å². The molecule has 2 heterocycles. The average molecular weight is 328 g/mol. The molecular formula is C20H28N2O2. The van der Waals surface area contributed by atoms with Crippen molar-refractivity contribution < 1.29 is 9.53 Å². The van der Waals surface area contributed by atoms with Crippen LogP contribution in [-0.4, -0.2) is 55.0 Å². The summed E-state index contributed by atoms with van der Waals surface area (Å²) in [7, 11) is 1.74. The van der Waals surface area contributed by atoms with E-state index >= 15 is 0 Å². The lowest BCUT2D eigenvalue weighted by Gasteiger charge is -2.35. The maximum absolute atomic E-state index is 12.7. The Morgan fingerprint density at radius 2 is 2.00 bits per heavy atom. The van der Waals surface area contributed by atoms with E-state index < -0.39 is 0 Å². The van der Waals surface area contributed by atoms with E-state index in [0.29, 0.717) is 24.3 Å². The van der Waals surface area contributed by atoms with Crippen LogP contribution in [0.4, 0.5) is 0 Å². The van der Waals surface area contributed by atoms with Crippen molar-refractivity contribution in [1.82, 2.24) is 9.80 Å². The van der Waals surface area contributed by atoms with Crippen LogP contribution in [0.25, 0.3) is 0 Å². The Bertz CT molecular complexity index is 610. The highest BCUT2D eigenvalue weighted by molar-refractivity contribution is 5.81. The number of nitrogens with zero attached hydrogens (tertiary/aromatic N) is 2. The predicted molar refractivity (Wildman–Crippen MR) is 94.5 cm³/mol. The molecule has 130 valence electrons. The number of piperidine rings is 1. The third-order valence-corrected chi connectivity index (χ3v) is 6.16. The van der Waals surface area contributed by atoms with Gasteiger partial charge in [-0.25, -0.2) is 0 Å². The molecule has 2 fully saturated rings. The molecule has 4 rings (SSSR count). The quantitative estimate of drug-likeness (QED) is 0.852. The molecule has 4 nitrogen and oxygen atoms in total. The standard InChI is InChI=1S/C20H28N2O2/c1-24-19-7-5-6-15-16(19)8-9-18-17(15)14-20(23)22(18)13-12-21-10-3-2-4-11-21/h5-7,17-18H,2-4,8-14H2,1H3/t17-,18+/m0/s1. The second kappa shape index (κ2) is 6.75. The summed E-state index contributed by atoms with van der Waals surface area (Å²) < 4.78 is 5.54. The largest absolute Gasteiger partial charge is 0.496 e. The zero-order valence-electron chi connectivity index (χ0n) is 14.7. The lowest BCUT2D eigenvalue weighted by molar-refractivity contribution is -0.129. The molecule has 1 aromatic rings. The van der Waals surface area contributed by atoms with Crippen LogP contribution in [0, 0.1) is 0 Å². The Hall–Kier alpha value is -1.55. The van der Waals surface area contributed by atoms with Gasteiger partial charge in [0.1, 0.15) is 5.75 Å². The number of ether oxygens (including phenoxy) is 1. The molecule has 0 aromatic heterocycles. The number of hydrogen-bond donors (Lipinski definition) is 0. The lowest BCUT2D eigenvalue weighted by atomic mass is 9.79. The van der Waals surface area contributed by atoms with Gasteiger partial charge in [-0.2, -0.15) is 0 Å². The predicted octanol–water partition coefficient (Wildman–Crippen LogP) is 2.81. The number of likely N-dealkylation sites (tertiary alicyclic amines) is 2. The zero-order valence-corrected chi connectivity index (χ0v) is 14.7. The summed E-state index contributed by atoms with van der Waals surface area (Å²) in [6.07, 6.45) is 6.76. The Balaban J connectivity index is 1.48. The fraction of sp³-hybridized carbons (Fsp3) is 0.650. The van der Waals surface area contributed by atoms with Crippen molar-refractivity contribution in [3.05, 3.63) is 29.3 Å². The third-order valence-electron chi connectivity index (χ3n) is 6.16. The minimum absolute atomic E-state index is 0.345. The van der Waals surface area contributed by atoms with Gasteiger partial charge in [-0.3, -0.25) is 4.79 Å². The van der Waals surface area contributed by atoms with Crippen LogP contribution in [0.1, 0.15) is 49.1 Å². The number of hydrogen-bond acceptors (Lipinski definition) is 3. The molecule has 2 atom stereocenters. The third kappa shape index (κ3) is 2.81. The van der Waals surface area contributed by atoms with Crippen molar-refractivity contribution in [2.75, 3.05) is 33.3 Å². The molecule has 1 aliphatic carbocycles. The Labute approximate surface area is 144 Å². The maximum Gasteiger partial charge on any atom is 0.223 e. The van der Waals surface area contributed by atoms with E-state index in [9.17, 15) is 4.79 Å². The maximum atomic E-state index is 12.7. The zero-order chi connectivity index (χ0) is 16.5. The first-order valence-corrected chi connectivity index (χ1v) is 9.45. The number of benzene rings is 1. The molecular weight excluding hydrogens is 300 g/mol. The molecule has 4 heteroatoms. The first kappa shape index (κ1) is 15.9. The van der Waals surface area contributed by atoms with E-state index in [-0.39, 0.29) is 0 Å². The van der Waals surface area contributed by atoms with Gasteiger partial charge in [0, 0.05) is 31.5 Å². The van der Waals surface area contributed by atoms with Crippen molar-refractivity contribution in [2.24, 2.45) is 0 Å². The summed E-state index contributed by atoms with van der Waals surface area (Å²) in [5, 5.41) is 0. The Morgan fingerprint density at radius 3 is 2.79 bits per heavy atom. The number of amides is 1. The molecule has 24 heavy (non-hydrogen) atoms. The smallest absolute Gasteiger partial charge is 0.223 e. The minimum Gasteiger partial charge on any atom is -0.496 e. The fourth-order valence-corrected chi connectivity index (χ4v) is 4.92. The highest BCUT2D eigenvalue weighted by Gasteiger charge is 2.43. The molecule has 3 aliphatic rings. The van der Waals surface area contributed by atoms with Gasteiger partial charge in [0.05, 0.1) is 7.11 Å². The molecule has 0 saturated carbocycles. The summed E-state index contributed by atoms with van der Waals surface area (Å²) in [6.45, 7) is 4.35. The lowest BCUT2D eigenvalue weighted by Crippen LogP contribution is -2.43. The average Bonchev–Trinajstić information content (AvgIpc) is 2.96. The van der Waals surface area contributed by atoms with Crippen LogP contribution in [0.15, 0.2) is 18.2 Å². The number of fused-ring (bicyclic) bond motifs is 3. The van der Waals surface area contributed by atoms with E-state index in [2.05, 4.69) is 21.9 Å². The van der Waals surface area contributed by atoms with E-state index in [1.54, 1.807) is 7.11 Å². The van der Waals surface area contributed by atoms with Crippen molar-refractivity contribution in [3.8, 4) is 5.75 Å². The molecule has 0 bridgehead atoms. The summed E-state index contributed by atoms with van der Waals surface area (Å²) in [4.78, 5) is 17.4. The highest BCUT2D eigenvalue weighted by Crippen LogP contribution is 2.44. The van der Waals surface area contributed by atoms with Gasteiger partial charge in [0.25, 0.3) is 0 Å². The number of rotatable bonds is 4. The van der Waals surface area contributed by atoms with Gasteiger partial charge < -0.3 is 14.5 Å². The molecule has 0 spiro atoms. The molecule has 0 unspecified atom stereocenters. The number of methoxy groups -OCH3 is 1. The second-order valence-electron chi connectivity index (χ2n) is 7.43. The van der Waals surface area contributed by atoms with Gasteiger partial charge in [-0.1, -0.05) is 18.6 Å². The summed E-state index contributed by atoms with van der Waals surface area (Å²) in [5.74, 6) is 1.69. The number of carbonyl (C=O) groups is 1. The monoisotopic (exact) mass is 328 g/mol. The van der Waals surface area contributed by atoms with E-state index in [4.69, 9.17) is 4.74 Å². The van der Waals surface area contributed by atoms with E-state index in [0.717, 1.165) is 31.7 Å². The second-order valence-corrected chi connectivity index (χ2v) is 7.43. The van der Waals surface area contributed by atoms with Gasteiger partial charge in [0.2, 0.25) is 5.91 Å². The molecule has 0 N–H and O–H groups in total. The van der Waals surface area contributed by atoms with Gasteiger partial charge in [0.15, 0.2) is 0 Å². The summed E-state index contributed by atoms with van der Waals surface area (Å²) >= 11 is 0. The summed E-state index contributed by atoms with van der Waals surface area (Å²) in [6, 6.07) is 6.71. The molecule has 2 aliphatic heterocycles. The first-order valence-electron chi connectivity index (χ1n) is 9.45. The first-order chi connectivity index (χ1) is 11.8. The fourth-order valence-electron chi connectivity index (χ4n) is 4.92. The van der Waals surface area contributed by atoms with Crippen molar-refractivity contribution in [2.45, 2.75) is 50.5 Å². The topological polar surface area (TPSA) is 32.8 Å². The van der Waals surface area contributed by atoms with Crippen molar-refractivity contribution in [1.29, 1.82) is 0 Å². The van der Waals surface area contributed by atoms with Crippen LogP contribution in [-0.2, 0) is 11.2 Å². The molecule has 2 saturated heterocycles. The SMILES string of the molecule is COc1cccc2c1CC[C@@H]1[C@H]2CC(=O)N1CCN1CCCCC1. The summed E-state index contributed by atoms with van der Waals surface area (Å²) in [5.41, 5.74) is 2.67. The van der Waals surface area contributed by atoms with Crippen molar-refractivity contribution in [3.63, 3.8) is 0 Å². The van der Waals surface area contributed by atoms with Crippen LogP contribution in [0.3, 0.4) is 0 Å². The van der Waals surface area contributed by atoms with Crippen molar-refractivity contribution >= 4 is 5.91 Å². The Kier molecular flexibility index (Phi) is 4.49. The van der Waals surface area contributed by atoms with Gasteiger partial charge in [-0.05, 0) is 56.0 Å². The Morgan fingerprint density at radius 1 is 1.17 bits per heavy atom. The van der Waals surface area contributed by atoms with Crippen LogP contribution < -0.4 is 4.74 Å². The number of carbonyl (C=O) groups excluding carboxylic acids is 1. The highest BCUT2D eigenvalue weighted by atomic mass is 16.5. The van der Waals surface area contributed by atoms with E-state index in [1.165, 1.54) is 43.5 Å². The minimum atomic E-state index is 0.345. The molecule has 1 amide bonds. The van der Waals surface area contributed by atoms with Gasteiger partial charge >= 0.3 is 0 Å². The normalized spacial score (nSPS) is 27.0. The van der Waals surface area contributed by atoms with E-state index in [1.807, 2.05) is 6.07 Å².